The zero-order chi connectivity index (χ0) is 32.6. The van der Waals surface area contributed by atoms with Crippen molar-refractivity contribution in [3.05, 3.63) is 93.0 Å². The van der Waals surface area contributed by atoms with Crippen molar-refractivity contribution in [2.24, 2.45) is 0 Å². The largest absolute Gasteiger partial charge is 0.364 e. The molecule has 5 aromatic rings. The minimum absolute atomic E-state index is 0.00679. The molecule has 10 heteroatoms. The molecule has 2 atom stereocenters. The van der Waals surface area contributed by atoms with Crippen LogP contribution in [0, 0.1) is 19.7 Å². The molecule has 236 valence electrons. The quantitative estimate of drug-likeness (QED) is 0.214. The third-order valence-corrected chi connectivity index (χ3v) is 10.1. The summed E-state index contributed by atoms with van der Waals surface area (Å²) in [6, 6.07) is 7.06. The monoisotopic (exact) mass is 638 g/mol. The number of hydrogen-bond acceptors (Lipinski definition) is 5. The van der Waals surface area contributed by atoms with Gasteiger partial charge in [-0.25, -0.2) is 9.37 Å². The number of carbonyl (C=O) groups excluding carboxylic acids is 1. The lowest BCUT2D eigenvalue weighted by Gasteiger charge is -2.49. The number of benzene rings is 2. The summed E-state index contributed by atoms with van der Waals surface area (Å²) in [5.41, 5.74) is 6.80. The van der Waals surface area contributed by atoms with Gasteiger partial charge in [0.15, 0.2) is 0 Å². The molecule has 2 aliphatic rings. The summed E-state index contributed by atoms with van der Waals surface area (Å²) in [6.07, 6.45) is 5.85. The number of halogens is 2. The second-order valence-electron chi connectivity index (χ2n) is 12.9. The van der Waals surface area contributed by atoms with Crippen LogP contribution >= 0.6 is 11.6 Å². The van der Waals surface area contributed by atoms with Gasteiger partial charge in [0.1, 0.15) is 5.82 Å². The molecule has 46 heavy (non-hydrogen) atoms. The first-order valence-corrected chi connectivity index (χ1v) is 16.1. The van der Waals surface area contributed by atoms with Crippen molar-refractivity contribution in [3.63, 3.8) is 0 Å². The molecule has 2 aromatic carbocycles. The first-order valence-electron chi connectivity index (χ1n) is 15.7. The minimum Gasteiger partial charge on any atom is -0.364 e. The van der Waals surface area contributed by atoms with E-state index in [1.165, 1.54) is 12.1 Å². The molecular formula is C36H36ClFN6O2. The van der Waals surface area contributed by atoms with Gasteiger partial charge in [-0.15, -0.1) is 0 Å². The molecule has 2 unspecified atom stereocenters. The molecule has 0 bridgehead atoms. The van der Waals surface area contributed by atoms with Gasteiger partial charge < -0.3 is 14.8 Å². The van der Waals surface area contributed by atoms with E-state index in [4.69, 9.17) is 16.6 Å². The van der Waals surface area contributed by atoms with Crippen molar-refractivity contribution in [2.45, 2.75) is 65.5 Å². The number of pyridine rings is 2. The second-order valence-corrected chi connectivity index (χ2v) is 13.3. The first kappa shape index (κ1) is 30.2. The van der Waals surface area contributed by atoms with Crippen molar-refractivity contribution >= 4 is 45.1 Å². The van der Waals surface area contributed by atoms with Gasteiger partial charge in [-0.05, 0) is 74.9 Å². The maximum absolute atomic E-state index is 16.8. The van der Waals surface area contributed by atoms with Gasteiger partial charge in [0, 0.05) is 53.4 Å². The molecule has 1 N–H and O–H groups in total. The predicted molar refractivity (Wildman–Crippen MR) is 182 cm³/mol. The highest BCUT2D eigenvalue weighted by molar-refractivity contribution is 6.39. The van der Waals surface area contributed by atoms with Crippen LogP contribution in [0.4, 0.5) is 10.1 Å². The van der Waals surface area contributed by atoms with Crippen LogP contribution in [0.15, 0.2) is 54.2 Å². The number of carbonyl (C=O) groups is 1. The third-order valence-electron chi connectivity index (χ3n) is 9.71. The average Bonchev–Trinajstić information content (AvgIpc) is 3.51. The Morgan fingerprint density at radius 2 is 1.91 bits per heavy atom. The van der Waals surface area contributed by atoms with Crippen LogP contribution in [-0.2, 0) is 11.2 Å². The Morgan fingerprint density at radius 3 is 2.65 bits per heavy atom. The molecule has 8 nitrogen and oxygen atoms in total. The number of amides is 1. The van der Waals surface area contributed by atoms with E-state index in [2.05, 4.69) is 21.4 Å². The molecule has 1 saturated heterocycles. The van der Waals surface area contributed by atoms with E-state index in [1.807, 2.05) is 57.7 Å². The number of nitrogens with zero attached hydrogens (tertiary/aromatic N) is 5. The van der Waals surface area contributed by atoms with Gasteiger partial charge >= 0.3 is 0 Å². The fourth-order valence-corrected chi connectivity index (χ4v) is 7.88. The number of aryl methyl sites for hydroxylation is 2. The number of fused-ring (bicyclic) bond motifs is 6. The summed E-state index contributed by atoms with van der Waals surface area (Å²) in [5.74, 6) is -0.605. The molecule has 1 amide bonds. The van der Waals surface area contributed by atoms with Crippen LogP contribution in [-0.4, -0.2) is 55.5 Å². The number of piperazine rings is 1. The molecular weight excluding hydrogens is 603 g/mol. The normalized spacial score (nSPS) is 17.9. The fourth-order valence-electron chi connectivity index (χ4n) is 7.51. The lowest BCUT2D eigenvalue weighted by Crippen LogP contribution is -2.60. The van der Waals surface area contributed by atoms with E-state index in [-0.39, 0.29) is 40.1 Å². The maximum atomic E-state index is 16.8. The molecule has 7 rings (SSSR count). The molecule has 0 saturated carbocycles. The summed E-state index contributed by atoms with van der Waals surface area (Å²) in [5, 5.41) is 0.702. The van der Waals surface area contributed by atoms with Crippen molar-refractivity contribution in [2.75, 3.05) is 18.0 Å². The van der Waals surface area contributed by atoms with E-state index in [0.717, 1.165) is 22.3 Å². The molecule has 1 fully saturated rings. The summed E-state index contributed by atoms with van der Waals surface area (Å²) >= 11 is 7.42. The van der Waals surface area contributed by atoms with Gasteiger partial charge in [-0.1, -0.05) is 38.1 Å². The lowest BCUT2D eigenvalue weighted by molar-refractivity contribution is -0.129. The highest BCUT2D eigenvalue weighted by Crippen LogP contribution is 2.46. The highest BCUT2D eigenvalue weighted by Gasteiger charge is 2.40. The van der Waals surface area contributed by atoms with Gasteiger partial charge in [-0.3, -0.25) is 19.1 Å². The summed E-state index contributed by atoms with van der Waals surface area (Å²) < 4.78 is 18.5. The van der Waals surface area contributed by atoms with Crippen molar-refractivity contribution in [3.8, 4) is 16.8 Å². The maximum Gasteiger partial charge on any atom is 0.261 e. The molecule has 0 spiro atoms. The topological polar surface area (TPSA) is 87.1 Å². The number of aromatic amines is 1. The van der Waals surface area contributed by atoms with Crippen LogP contribution in [0.3, 0.4) is 0 Å². The Morgan fingerprint density at radius 1 is 1.13 bits per heavy atom. The van der Waals surface area contributed by atoms with Gasteiger partial charge in [0.2, 0.25) is 5.91 Å². The SMILES string of the molecule is C=CC(=O)N1CC2CCc3c(c4cc(F)c(-c5c(C)ccc6[nH]cnc56)c(Cl)c4n(-c4c(C)ccnc4C(C)C)c3=O)N2CC1C. The Hall–Kier alpha value is -4.50. The third kappa shape index (κ3) is 4.39. The summed E-state index contributed by atoms with van der Waals surface area (Å²) in [4.78, 5) is 44.0. The van der Waals surface area contributed by atoms with Gasteiger partial charge in [0.05, 0.1) is 45.0 Å². The predicted octanol–water partition coefficient (Wildman–Crippen LogP) is 7.00. The first-order chi connectivity index (χ1) is 22.0. The average molecular weight is 639 g/mol. The summed E-state index contributed by atoms with van der Waals surface area (Å²) in [6.45, 7) is 14.6. The standard InChI is InChI=1S/C36H36ClFN6O2/c1-7-27(45)42-16-22-9-10-23-34(43(22)15-21(42)6)24-14-25(38)29(28-19(4)8-11-26-32(28)41-17-40-26)30(37)35(24)44(36(23)46)33-20(5)12-13-39-31(33)18(2)3/h7-8,11-14,17-18,21-22H,1,9-10,15-16H2,2-6H3,(H,40,41). The number of H-pyrrole nitrogens is 1. The fraction of sp³-hybridized carbons (Fsp3) is 0.333. The second kappa shape index (κ2) is 11.1. The van der Waals surface area contributed by atoms with Crippen LogP contribution < -0.4 is 10.5 Å². The Kier molecular flexibility index (Phi) is 7.27. The zero-order valence-electron chi connectivity index (χ0n) is 26.6. The van der Waals surface area contributed by atoms with E-state index < -0.39 is 5.82 Å². The van der Waals surface area contributed by atoms with Gasteiger partial charge in [0.25, 0.3) is 5.56 Å². The van der Waals surface area contributed by atoms with Crippen molar-refractivity contribution in [1.82, 2.24) is 24.4 Å². The number of nitrogens with one attached hydrogen (secondary N) is 1. The number of anilines is 1. The highest BCUT2D eigenvalue weighted by atomic mass is 35.5. The molecule has 0 aliphatic carbocycles. The Labute approximate surface area is 271 Å². The van der Waals surface area contributed by atoms with Crippen molar-refractivity contribution < 1.29 is 9.18 Å². The molecule has 5 heterocycles. The minimum atomic E-state index is -0.494. The smallest absolute Gasteiger partial charge is 0.261 e. The lowest BCUT2D eigenvalue weighted by atomic mass is 9.89. The summed E-state index contributed by atoms with van der Waals surface area (Å²) in [7, 11) is 0. The van der Waals surface area contributed by atoms with E-state index in [1.54, 1.807) is 17.1 Å². The number of hydrogen-bond donors (Lipinski definition) is 1. The Balaban J connectivity index is 1.61. The Bertz CT molecular complexity index is 2150. The zero-order valence-corrected chi connectivity index (χ0v) is 27.4. The van der Waals surface area contributed by atoms with E-state index >= 15 is 4.39 Å². The van der Waals surface area contributed by atoms with Crippen LogP contribution in [0.25, 0.3) is 38.8 Å². The van der Waals surface area contributed by atoms with E-state index in [9.17, 15) is 9.59 Å². The molecule has 2 aliphatic heterocycles. The molecule has 0 radical (unpaired) electrons. The number of rotatable bonds is 4. The van der Waals surface area contributed by atoms with Crippen molar-refractivity contribution in [1.29, 1.82) is 0 Å². The number of imidazole rings is 1. The van der Waals surface area contributed by atoms with Crippen LogP contribution in [0.2, 0.25) is 5.02 Å². The van der Waals surface area contributed by atoms with Gasteiger partial charge in [-0.2, -0.15) is 0 Å². The van der Waals surface area contributed by atoms with E-state index in [0.29, 0.717) is 64.9 Å². The van der Waals surface area contributed by atoms with Crippen LogP contribution in [0.5, 0.6) is 0 Å². The van der Waals surface area contributed by atoms with Crippen LogP contribution in [0.1, 0.15) is 55.5 Å². The number of aromatic nitrogens is 4. The molecule has 3 aromatic heterocycles.